The van der Waals surface area contributed by atoms with Crippen LogP contribution in [0.25, 0.3) is 0 Å². The van der Waals surface area contributed by atoms with E-state index in [0.717, 1.165) is 4.90 Å². The van der Waals surface area contributed by atoms with Gasteiger partial charge >= 0.3 is 16.4 Å². The van der Waals surface area contributed by atoms with Crippen molar-refractivity contribution in [2.24, 2.45) is 0 Å². The number of piperidine rings is 1. The predicted octanol–water partition coefficient (Wildman–Crippen LogP) is -3.27. The average molecular weight is 445 g/mol. The van der Waals surface area contributed by atoms with E-state index in [0.29, 0.717) is 18.0 Å². The number of amides is 4. The van der Waals surface area contributed by atoms with Gasteiger partial charge in [0.15, 0.2) is 6.33 Å². The lowest BCUT2D eigenvalue weighted by Crippen LogP contribution is -2.56. The van der Waals surface area contributed by atoms with Crippen molar-refractivity contribution in [3.63, 3.8) is 0 Å². The maximum Gasteiger partial charge on any atom is 0.418 e. The average Bonchev–Trinajstić information content (AvgIpc) is 3.43. The van der Waals surface area contributed by atoms with E-state index >= 15 is 0 Å². The fourth-order valence-electron chi connectivity index (χ4n) is 3.83. The minimum atomic E-state index is -4.87. The van der Waals surface area contributed by atoms with E-state index in [-0.39, 0.29) is 25.4 Å². The molecule has 0 aliphatic carbocycles. The lowest BCUT2D eigenvalue weighted by molar-refractivity contribution is -0.132. The molecule has 164 valence electrons. The molecule has 0 unspecified atom stereocenters. The van der Waals surface area contributed by atoms with Crippen molar-refractivity contribution in [1.82, 2.24) is 46.3 Å². The van der Waals surface area contributed by atoms with Gasteiger partial charge in [0, 0.05) is 13.1 Å². The van der Waals surface area contributed by atoms with E-state index in [1.165, 1.54) is 11.1 Å². The fraction of sp³-hybridized carbons (Fsp3) is 0.692. The summed E-state index contributed by atoms with van der Waals surface area (Å²) in [5, 5.41) is 14.9. The summed E-state index contributed by atoms with van der Waals surface area (Å²) in [4.78, 5) is 39.7. The van der Waals surface area contributed by atoms with Crippen molar-refractivity contribution < 1.29 is 31.6 Å². The third-order valence-corrected chi connectivity index (χ3v) is 5.57. The van der Waals surface area contributed by atoms with E-state index in [9.17, 15) is 22.8 Å². The Kier molecular flexibility index (Phi) is 5.26. The third-order valence-electron chi connectivity index (χ3n) is 5.22. The van der Waals surface area contributed by atoms with Crippen molar-refractivity contribution in [1.29, 1.82) is 0 Å². The summed E-state index contributed by atoms with van der Waals surface area (Å²) in [6.07, 6.45) is 2.20. The molecule has 4 heterocycles. The number of hydrogen-bond acceptors (Lipinski definition) is 10. The highest BCUT2D eigenvalue weighted by molar-refractivity contribution is 7.80. The van der Waals surface area contributed by atoms with Crippen LogP contribution in [-0.2, 0) is 24.3 Å². The highest BCUT2D eigenvalue weighted by atomic mass is 32.3. The Labute approximate surface area is 169 Å². The molecule has 16 nitrogen and oxygen atoms in total. The number of carbonyl (C=O) groups is 3. The van der Waals surface area contributed by atoms with E-state index in [4.69, 9.17) is 4.55 Å². The van der Waals surface area contributed by atoms with Crippen molar-refractivity contribution >= 4 is 28.2 Å². The number of carbonyl (C=O) groups excluding carboxylic acids is 3. The second-order valence-corrected chi connectivity index (χ2v) is 8.10. The number of rotatable bonds is 5. The molecule has 0 spiro atoms. The Morgan fingerprint density at radius 3 is 2.70 bits per heavy atom. The van der Waals surface area contributed by atoms with Crippen LogP contribution in [0, 0.1) is 0 Å². The quantitative estimate of drug-likeness (QED) is 0.262. The smallest absolute Gasteiger partial charge is 0.309 e. The molecule has 0 radical (unpaired) electrons. The van der Waals surface area contributed by atoms with E-state index in [1.54, 1.807) is 0 Å². The first-order valence-corrected chi connectivity index (χ1v) is 10.4. The van der Waals surface area contributed by atoms with Crippen molar-refractivity contribution in [3.8, 4) is 0 Å². The van der Waals surface area contributed by atoms with Gasteiger partial charge in [0.2, 0.25) is 0 Å². The number of urea groups is 1. The number of fused-ring (bicyclic) bond motifs is 2. The van der Waals surface area contributed by atoms with Gasteiger partial charge in [0.05, 0.1) is 18.1 Å². The molecule has 4 amide bonds. The van der Waals surface area contributed by atoms with Gasteiger partial charge in [-0.05, 0) is 24.5 Å². The van der Waals surface area contributed by atoms with Crippen LogP contribution in [0.4, 0.5) is 4.79 Å². The summed E-state index contributed by atoms with van der Waals surface area (Å²) in [6, 6.07) is -3.12. The van der Waals surface area contributed by atoms with Gasteiger partial charge in [-0.3, -0.25) is 25.0 Å². The van der Waals surface area contributed by atoms with Crippen LogP contribution in [0.2, 0.25) is 0 Å². The Hall–Kier alpha value is -2.89. The first-order valence-electron chi connectivity index (χ1n) is 9.05. The second kappa shape index (κ2) is 7.74. The van der Waals surface area contributed by atoms with E-state index < -0.39 is 46.4 Å². The number of tetrazole rings is 1. The molecule has 2 bridgehead atoms. The zero-order valence-electron chi connectivity index (χ0n) is 15.4. The zero-order valence-corrected chi connectivity index (χ0v) is 16.2. The summed E-state index contributed by atoms with van der Waals surface area (Å²) in [7, 11) is -4.87. The Bertz CT molecular complexity index is 939. The summed E-state index contributed by atoms with van der Waals surface area (Å²) in [5.41, 5.74) is 4.62. The van der Waals surface area contributed by atoms with Gasteiger partial charge < -0.3 is 10.2 Å². The van der Waals surface area contributed by atoms with Crippen molar-refractivity contribution in [2.45, 2.75) is 43.4 Å². The molecule has 3 fully saturated rings. The molecule has 4 atom stereocenters. The molecular weight excluding hydrogens is 426 g/mol. The number of nitrogens with one attached hydrogen (secondary N) is 3. The van der Waals surface area contributed by atoms with Crippen LogP contribution >= 0.6 is 0 Å². The minimum absolute atomic E-state index is 0.0527. The Morgan fingerprint density at radius 2 is 2.00 bits per heavy atom. The Balaban J connectivity index is 1.29. The lowest BCUT2D eigenvalue weighted by atomic mass is 10.0. The summed E-state index contributed by atoms with van der Waals surface area (Å²) in [5.74, 6) is -1.10. The van der Waals surface area contributed by atoms with Crippen molar-refractivity contribution in [2.75, 3.05) is 13.1 Å². The molecule has 4 rings (SSSR count). The fourth-order valence-corrected chi connectivity index (χ4v) is 4.22. The SMILES string of the molecule is O=C(NNC(=O)[C@@H]1CC[C@@H]2CN1C(=O)N2OS(=O)(=O)O)[C@@H]1C[C@H](n2ncnn2)CN1. The van der Waals surface area contributed by atoms with Gasteiger partial charge in [-0.15, -0.1) is 14.5 Å². The van der Waals surface area contributed by atoms with Crippen LogP contribution in [0.3, 0.4) is 0 Å². The number of aromatic nitrogens is 4. The van der Waals surface area contributed by atoms with Crippen LogP contribution in [-0.4, -0.2) is 92.2 Å². The van der Waals surface area contributed by atoms with Crippen LogP contribution in [0.15, 0.2) is 6.33 Å². The number of hydrazine groups is 1. The molecule has 0 aromatic carbocycles. The van der Waals surface area contributed by atoms with Crippen LogP contribution < -0.4 is 16.2 Å². The van der Waals surface area contributed by atoms with Gasteiger partial charge in [-0.1, -0.05) is 0 Å². The maximum absolute atomic E-state index is 12.5. The molecule has 3 saturated heterocycles. The van der Waals surface area contributed by atoms with Crippen molar-refractivity contribution in [3.05, 3.63) is 6.33 Å². The van der Waals surface area contributed by atoms with E-state index in [2.05, 4.69) is 35.9 Å². The maximum atomic E-state index is 12.5. The minimum Gasteiger partial charge on any atom is -0.309 e. The lowest BCUT2D eigenvalue weighted by Gasteiger charge is -2.29. The van der Waals surface area contributed by atoms with E-state index in [1.807, 2.05) is 0 Å². The predicted molar refractivity (Wildman–Crippen MR) is 92.9 cm³/mol. The van der Waals surface area contributed by atoms with Crippen LogP contribution in [0.1, 0.15) is 25.3 Å². The molecule has 4 N–H and O–H groups in total. The first kappa shape index (κ1) is 20.4. The molecule has 1 aromatic rings. The molecule has 1 aromatic heterocycles. The molecule has 17 heteroatoms. The topological polar surface area (TPSA) is 201 Å². The summed E-state index contributed by atoms with van der Waals surface area (Å²) >= 11 is 0. The Morgan fingerprint density at radius 1 is 1.23 bits per heavy atom. The normalized spacial score (nSPS) is 28.6. The molecule has 3 aliphatic rings. The largest absolute Gasteiger partial charge is 0.418 e. The highest BCUT2D eigenvalue weighted by Crippen LogP contribution is 2.30. The van der Waals surface area contributed by atoms with Gasteiger partial charge in [0.25, 0.3) is 11.8 Å². The standard InChI is InChI=1S/C13H19N9O7S/c23-11(9-3-8(4-14-9)22-16-6-15-19-22)17-18-12(24)10-2-1-7-5-20(10)13(25)21(7)29-30(26,27)28/h6-10,14H,1-5H2,(H,17,23)(H,18,24)(H,26,27,28)/t7-,8+,9+,10+/m1/s1. The van der Waals surface area contributed by atoms with Gasteiger partial charge in [0.1, 0.15) is 6.04 Å². The second-order valence-electron chi connectivity index (χ2n) is 7.10. The first-order chi connectivity index (χ1) is 14.2. The highest BCUT2D eigenvalue weighted by Gasteiger charge is 2.49. The molecule has 3 aliphatic heterocycles. The monoisotopic (exact) mass is 445 g/mol. The number of hydrogen-bond donors (Lipinski definition) is 4. The number of hydroxylamine groups is 2. The molecule has 30 heavy (non-hydrogen) atoms. The molecule has 0 saturated carbocycles. The zero-order chi connectivity index (χ0) is 21.5. The summed E-state index contributed by atoms with van der Waals surface area (Å²) in [6.45, 7) is 0.509. The third kappa shape index (κ3) is 4.04. The van der Waals surface area contributed by atoms with Gasteiger partial charge in [-0.2, -0.15) is 18.3 Å². The number of nitrogens with zero attached hydrogens (tertiary/aromatic N) is 6. The van der Waals surface area contributed by atoms with Crippen LogP contribution in [0.5, 0.6) is 0 Å². The summed E-state index contributed by atoms with van der Waals surface area (Å²) < 4.78 is 34.9. The molecular formula is C13H19N9O7S. The van der Waals surface area contributed by atoms with Gasteiger partial charge in [-0.25, -0.2) is 4.79 Å².